The van der Waals surface area contributed by atoms with E-state index in [1.165, 1.54) is 13.0 Å². The van der Waals surface area contributed by atoms with Crippen LogP contribution in [0.3, 0.4) is 0 Å². The summed E-state index contributed by atoms with van der Waals surface area (Å²) in [5, 5.41) is 8.81. The van der Waals surface area contributed by atoms with Crippen LogP contribution in [0, 0.1) is 6.92 Å². The normalized spacial score (nSPS) is 11.2. The highest BCUT2D eigenvalue weighted by Gasteiger charge is 2.12. The number of carboxylic acids is 1. The predicted molar refractivity (Wildman–Crippen MR) is 57.5 cm³/mol. The quantitative estimate of drug-likeness (QED) is 0.465. The lowest BCUT2D eigenvalue weighted by Crippen LogP contribution is -2.08. The molecular formula is C12H12O3. The van der Waals surface area contributed by atoms with Crippen molar-refractivity contribution in [3.05, 3.63) is 41.0 Å². The van der Waals surface area contributed by atoms with Crippen molar-refractivity contribution in [2.24, 2.45) is 0 Å². The largest absolute Gasteiger partial charge is 0.478 e. The van der Waals surface area contributed by atoms with Crippen LogP contribution in [0.1, 0.15) is 18.1 Å². The zero-order valence-electron chi connectivity index (χ0n) is 8.65. The summed E-state index contributed by atoms with van der Waals surface area (Å²) in [5.41, 5.74) is 1.51. The molecule has 0 spiro atoms. The zero-order chi connectivity index (χ0) is 11.4. The second kappa shape index (κ2) is 4.55. The Morgan fingerprint density at radius 1 is 1.27 bits per heavy atom. The van der Waals surface area contributed by atoms with Gasteiger partial charge in [0, 0.05) is 0 Å². The van der Waals surface area contributed by atoms with Crippen molar-refractivity contribution in [2.45, 2.75) is 13.8 Å². The Labute approximate surface area is 88.0 Å². The standard InChI is InChI=1S/C12H12O3/c1-8-5-3-4-6-10(8)7-11(9(2)13)12(14)15/h3-7H,1-2H3,(H,14,15). The van der Waals surface area contributed by atoms with Crippen LogP contribution in [0.4, 0.5) is 0 Å². The number of hydrogen-bond donors (Lipinski definition) is 1. The van der Waals surface area contributed by atoms with Gasteiger partial charge in [-0.3, -0.25) is 4.79 Å². The van der Waals surface area contributed by atoms with Crippen LogP contribution in [0.2, 0.25) is 0 Å². The highest BCUT2D eigenvalue weighted by molar-refractivity contribution is 6.19. The monoisotopic (exact) mass is 204 g/mol. The van der Waals surface area contributed by atoms with E-state index in [0.29, 0.717) is 0 Å². The second-order valence-corrected chi connectivity index (χ2v) is 3.28. The minimum Gasteiger partial charge on any atom is -0.478 e. The lowest BCUT2D eigenvalue weighted by molar-refractivity contribution is -0.134. The number of ketones is 1. The maximum atomic E-state index is 11.1. The third kappa shape index (κ3) is 2.77. The Morgan fingerprint density at radius 3 is 2.33 bits per heavy atom. The average molecular weight is 204 g/mol. The summed E-state index contributed by atoms with van der Waals surface area (Å²) in [6.07, 6.45) is 1.40. The summed E-state index contributed by atoms with van der Waals surface area (Å²) in [6.45, 7) is 3.11. The van der Waals surface area contributed by atoms with Crippen molar-refractivity contribution in [3.63, 3.8) is 0 Å². The molecule has 0 radical (unpaired) electrons. The fourth-order valence-electron chi connectivity index (χ4n) is 1.22. The summed E-state index contributed by atoms with van der Waals surface area (Å²) in [4.78, 5) is 21.8. The van der Waals surface area contributed by atoms with Crippen LogP contribution in [0.25, 0.3) is 6.08 Å². The Bertz CT molecular complexity index is 414. The molecule has 1 rings (SSSR count). The van der Waals surface area contributed by atoms with Gasteiger partial charge < -0.3 is 5.11 Å². The molecule has 0 saturated heterocycles. The first-order chi connectivity index (χ1) is 7.02. The van der Waals surface area contributed by atoms with Crippen molar-refractivity contribution in [1.82, 2.24) is 0 Å². The number of aliphatic carboxylic acids is 1. The highest BCUT2D eigenvalue weighted by Crippen LogP contribution is 2.12. The van der Waals surface area contributed by atoms with Gasteiger partial charge in [0.25, 0.3) is 0 Å². The first kappa shape index (κ1) is 11.2. The van der Waals surface area contributed by atoms with E-state index in [2.05, 4.69) is 0 Å². The lowest BCUT2D eigenvalue weighted by atomic mass is 10.0. The van der Waals surface area contributed by atoms with Crippen molar-refractivity contribution in [3.8, 4) is 0 Å². The van der Waals surface area contributed by atoms with Gasteiger partial charge in [-0.05, 0) is 31.1 Å². The third-order valence-corrected chi connectivity index (χ3v) is 2.10. The molecule has 3 nitrogen and oxygen atoms in total. The van der Waals surface area contributed by atoms with Crippen molar-refractivity contribution >= 4 is 17.8 Å². The molecule has 0 amide bonds. The van der Waals surface area contributed by atoms with Crippen molar-refractivity contribution < 1.29 is 14.7 Å². The third-order valence-electron chi connectivity index (χ3n) is 2.10. The van der Waals surface area contributed by atoms with E-state index >= 15 is 0 Å². The van der Waals surface area contributed by atoms with Crippen LogP contribution in [0.15, 0.2) is 29.8 Å². The number of rotatable bonds is 3. The number of aryl methyl sites for hydroxylation is 1. The van der Waals surface area contributed by atoms with Gasteiger partial charge in [0.05, 0.1) is 0 Å². The molecule has 0 atom stereocenters. The zero-order valence-corrected chi connectivity index (χ0v) is 8.65. The van der Waals surface area contributed by atoms with E-state index < -0.39 is 11.8 Å². The lowest BCUT2D eigenvalue weighted by Gasteiger charge is -2.01. The molecule has 3 heteroatoms. The van der Waals surface area contributed by atoms with E-state index in [1.54, 1.807) is 12.1 Å². The van der Waals surface area contributed by atoms with Gasteiger partial charge in [-0.1, -0.05) is 24.3 Å². The van der Waals surface area contributed by atoms with Crippen molar-refractivity contribution in [2.75, 3.05) is 0 Å². The maximum absolute atomic E-state index is 11.1. The smallest absolute Gasteiger partial charge is 0.339 e. The van der Waals surface area contributed by atoms with Gasteiger partial charge in [-0.2, -0.15) is 0 Å². The first-order valence-corrected chi connectivity index (χ1v) is 4.54. The summed E-state index contributed by atoms with van der Waals surface area (Å²) < 4.78 is 0. The molecule has 0 aliphatic heterocycles. The Morgan fingerprint density at radius 2 is 1.87 bits per heavy atom. The van der Waals surface area contributed by atoms with Crippen LogP contribution in [0.5, 0.6) is 0 Å². The van der Waals surface area contributed by atoms with Gasteiger partial charge in [-0.15, -0.1) is 0 Å². The van der Waals surface area contributed by atoms with E-state index in [1.807, 2.05) is 19.1 Å². The number of carbonyl (C=O) groups excluding carboxylic acids is 1. The fraction of sp³-hybridized carbons (Fsp3) is 0.167. The van der Waals surface area contributed by atoms with Crippen molar-refractivity contribution in [1.29, 1.82) is 0 Å². The van der Waals surface area contributed by atoms with Crippen LogP contribution in [-0.4, -0.2) is 16.9 Å². The van der Waals surface area contributed by atoms with E-state index in [4.69, 9.17) is 5.11 Å². The fourth-order valence-corrected chi connectivity index (χ4v) is 1.22. The SMILES string of the molecule is CC(=O)C(=Cc1ccccc1C)C(=O)O. The topological polar surface area (TPSA) is 54.4 Å². The molecule has 1 N–H and O–H groups in total. The number of Topliss-reactive ketones (excluding diaryl/α,β-unsaturated/α-hetero) is 1. The molecule has 0 saturated carbocycles. The van der Waals surface area contributed by atoms with Gasteiger partial charge in [0.1, 0.15) is 5.57 Å². The summed E-state index contributed by atoms with van der Waals surface area (Å²) in [7, 11) is 0. The van der Waals surface area contributed by atoms with Gasteiger partial charge in [0.15, 0.2) is 5.78 Å². The van der Waals surface area contributed by atoms with E-state index in [0.717, 1.165) is 11.1 Å². The van der Waals surface area contributed by atoms with E-state index in [-0.39, 0.29) is 5.57 Å². The molecule has 1 aromatic carbocycles. The highest BCUT2D eigenvalue weighted by atomic mass is 16.4. The van der Waals surface area contributed by atoms with E-state index in [9.17, 15) is 9.59 Å². The number of hydrogen-bond acceptors (Lipinski definition) is 2. The van der Waals surface area contributed by atoms with Crippen LogP contribution >= 0.6 is 0 Å². The Balaban J connectivity index is 3.19. The first-order valence-electron chi connectivity index (χ1n) is 4.54. The molecule has 0 aromatic heterocycles. The molecule has 15 heavy (non-hydrogen) atoms. The number of carbonyl (C=O) groups is 2. The number of benzene rings is 1. The van der Waals surface area contributed by atoms with Gasteiger partial charge >= 0.3 is 5.97 Å². The van der Waals surface area contributed by atoms with Crippen LogP contribution in [-0.2, 0) is 9.59 Å². The molecule has 1 aromatic rings. The molecule has 0 aliphatic rings. The molecule has 0 fully saturated rings. The Hall–Kier alpha value is -1.90. The second-order valence-electron chi connectivity index (χ2n) is 3.28. The minimum atomic E-state index is -1.19. The summed E-state index contributed by atoms with van der Waals surface area (Å²) in [6, 6.07) is 7.31. The predicted octanol–water partition coefficient (Wildman–Crippen LogP) is 2.05. The van der Waals surface area contributed by atoms with Crippen LogP contribution < -0.4 is 0 Å². The summed E-state index contributed by atoms with van der Waals surface area (Å²) in [5.74, 6) is -1.63. The minimum absolute atomic E-state index is 0.190. The maximum Gasteiger partial charge on any atom is 0.339 e. The van der Waals surface area contributed by atoms with Gasteiger partial charge in [-0.25, -0.2) is 4.79 Å². The van der Waals surface area contributed by atoms with Gasteiger partial charge in [0.2, 0.25) is 0 Å². The average Bonchev–Trinajstić information content (AvgIpc) is 2.15. The number of carboxylic acid groups (broad SMARTS) is 1. The molecule has 0 aliphatic carbocycles. The molecule has 0 unspecified atom stereocenters. The molecule has 0 heterocycles. The summed E-state index contributed by atoms with van der Waals surface area (Å²) >= 11 is 0. The Kier molecular flexibility index (Phi) is 3.39. The molecule has 78 valence electrons. The molecular weight excluding hydrogens is 192 g/mol. The molecule has 0 bridgehead atoms.